The van der Waals surface area contributed by atoms with Gasteiger partial charge in [0.25, 0.3) is 5.91 Å². The topological polar surface area (TPSA) is 51.5 Å². The van der Waals surface area contributed by atoms with Crippen LogP contribution in [0.3, 0.4) is 0 Å². The van der Waals surface area contributed by atoms with Gasteiger partial charge in [-0.05, 0) is 75.2 Å². The fourth-order valence-corrected chi connectivity index (χ4v) is 4.05. The number of para-hydroxylation sites is 1. The summed E-state index contributed by atoms with van der Waals surface area (Å²) in [6.07, 6.45) is 0.815. The quantitative estimate of drug-likeness (QED) is 0.629. The van der Waals surface area contributed by atoms with E-state index < -0.39 is 5.97 Å². The summed E-state index contributed by atoms with van der Waals surface area (Å²) in [5.74, 6) is -0.697. The van der Waals surface area contributed by atoms with E-state index in [4.69, 9.17) is 4.74 Å². The third-order valence-corrected chi connectivity index (χ3v) is 5.44. The van der Waals surface area contributed by atoms with E-state index in [1.807, 2.05) is 57.2 Å². The Kier molecular flexibility index (Phi) is 4.97. The van der Waals surface area contributed by atoms with E-state index in [0.29, 0.717) is 5.56 Å². The van der Waals surface area contributed by atoms with Crippen LogP contribution < -0.4 is 4.90 Å². The van der Waals surface area contributed by atoms with Crippen LogP contribution in [0.2, 0.25) is 0 Å². The van der Waals surface area contributed by atoms with Crippen LogP contribution in [-0.2, 0) is 16.0 Å². The van der Waals surface area contributed by atoms with Gasteiger partial charge in [0.05, 0.1) is 5.56 Å². The summed E-state index contributed by atoms with van der Waals surface area (Å²) in [6.45, 7) is 5.81. The van der Waals surface area contributed by atoms with Crippen molar-refractivity contribution >= 4 is 17.6 Å². The molecular formula is C24H24N2O3. The van der Waals surface area contributed by atoms with Gasteiger partial charge in [0.15, 0.2) is 6.61 Å². The number of anilines is 1. The molecule has 0 saturated heterocycles. The maximum absolute atomic E-state index is 12.7. The third-order valence-electron chi connectivity index (χ3n) is 5.44. The van der Waals surface area contributed by atoms with Crippen LogP contribution in [-0.4, -0.2) is 29.1 Å². The summed E-state index contributed by atoms with van der Waals surface area (Å²) in [6, 6.07) is 19.3. The highest BCUT2D eigenvalue weighted by atomic mass is 16.5. The first-order valence-corrected chi connectivity index (χ1v) is 9.78. The predicted octanol–water partition coefficient (Wildman–Crippen LogP) is 4.23. The van der Waals surface area contributed by atoms with Crippen molar-refractivity contribution in [3.05, 3.63) is 83.2 Å². The minimum atomic E-state index is -0.494. The predicted molar refractivity (Wildman–Crippen MR) is 113 cm³/mol. The zero-order valence-electron chi connectivity index (χ0n) is 16.9. The monoisotopic (exact) mass is 388 g/mol. The van der Waals surface area contributed by atoms with Gasteiger partial charge in [-0.3, -0.25) is 4.79 Å². The van der Waals surface area contributed by atoms with Gasteiger partial charge in [-0.2, -0.15) is 0 Å². The molecule has 0 radical (unpaired) electrons. The summed E-state index contributed by atoms with van der Waals surface area (Å²) in [5, 5.41) is 0. The largest absolute Gasteiger partial charge is 0.452 e. The number of carbonyl (C=O) groups excluding carboxylic acids is 2. The van der Waals surface area contributed by atoms with Gasteiger partial charge >= 0.3 is 5.97 Å². The standard InChI is InChI=1S/C24H24N2O3/c1-16-8-9-17(2)25(16)21-12-10-19(11-13-21)24(28)29-15-23(27)26-18(3)14-20-6-4-5-7-22(20)26/h4-13,18H,14-15H2,1-3H3/t18-/m1/s1. The van der Waals surface area contributed by atoms with Crippen LogP contribution >= 0.6 is 0 Å². The van der Waals surface area contributed by atoms with Crippen molar-refractivity contribution in [3.8, 4) is 5.69 Å². The van der Waals surface area contributed by atoms with E-state index in [2.05, 4.69) is 16.7 Å². The van der Waals surface area contributed by atoms with Gasteiger partial charge in [0.2, 0.25) is 0 Å². The Bertz CT molecular complexity index is 1050. The number of hydrogen-bond acceptors (Lipinski definition) is 3. The lowest BCUT2D eigenvalue weighted by Gasteiger charge is -2.22. The number of benzene rings is 2. The molecule has 2 heterocycles. The molecule has 4 rings (SSSR count). The molecule has 2 aromatic carbocycles. The van der Waals surface area contributed by atoms with Crippen molar-refractivity contribution < 1.29 is 14.3 Å². The smallest absolute Gasteiger partial charge is 0.338 e. The highest BCUT2D eigenvalue weighted by Gasteiger charge is 2.31. The Morgan fingerprint density at radius 1 is 0.966 bits per heavy atom. The summed E-state index contributed by atoms with van der Waals surface area (Å²) in [4.78, 5) is 26.8. The molecule has 5 heteroatoms. The van der Waals surface area contributed by atoms with Crippen LogP contribution in [0.1, 0.15) is 34.2 Å². The number of nitrogens with zero attached hydrogens (tertiary/aromatic N) is 2. The molecule has 1 aliphatic rings. The molecule has 5 nitrogen and oxygen atoms in total. The molecule has 1 amide bonds. The van der Waals surface area contributed by atoms with Crippen LogP contribution in [0.15, 0.2) is 60.7 Å². The van der Waals surface area contributed by atoms with Gasteiger partial charge in [-0.1, -0.05) is 18.2 Å². The van der Waals surface area contributed by atoms with E-state index in [-0.39, 0.29) is 18.6 Å². The number of rotatable bonds is 4. The van der Waals surface area contributed by atoms with Gasteiger partial charge in [-0.15, -0.1) is 0 Å². The van der Waals surface area contributed by atoms with Crippen LogP contribution in [0.5, 0.6) is 0 Å². The minimum Gasteiger partial charge on any atom is -0.452 e. The highest BCUT2D eigenvalue weighted by Crippen LogP contribution is 2.31. The van der Waals surface area contributed by atoms with Crippen molar-refractivity contribution in [2.24, 2.45) is 0 Å². The zero-order chi connectivity index (χ0) is 20.5. The molecular weight excluding hydrogens is 364 g/mol. The van der Waals surface area contributed by atoms with Gasteiger partial charge < -0.3 is 14.2 Å². The lowest BCUT2D eigenvalue weighted by atomic mass is 10.1. The molecule has 1 aromatic heterocycles. The molecule has 0 aliphatic carbocycles. The Hall–Kier alpha value is -3.34. The fourth-order valence-electron chi connectivity index (χ4n) is 4.05. The van der Waals surface area contributed by atoms with E-state index in [1.165, 1.54) is 0 Å². The lowest BCUT2D eigenvalue weighted by molar-refractivity contribution is -0.122. The summed E-state index contributed by atoms with van der Waals surface area (Å²) in [5.41, 5.74) is 5.72. The molecule has 148 valence electrons. The molecule has 29 heavy (non-hydrogen) atoms. The fraction of sp³-hybridized carbons (Fsp3) is 0.250. The SMILES string of the molecule is Cc1ccc(C)n1-c1ccc(C(=O)OCC(=O)N2c3ccccc3C[C@H]2C)cc1. The number of aromatic nitrogens is 1. The van der Waals surface area contributed by atoms with Gasteiger partial charge in [0, 0.05) is 28.8 Å². The number of aryl methyl sites for hydroxylation is 2. The second kappa shape index (κ2) is 7.59. The average molecular weight is 388 g/mol. The Balaban J connectivity index is 1.42. The molecule has 0 bridgehead atoms. The van der Waals surface area contributed by atoms with Gasteiger partial charge in [0.1, 0.15) is 0 Å². The average Bonchev–Trinajstić information content (AvgIpc) is 3.23. The normalized spacial score (nSPS) is 15.3. The molecule has 1 atom stereocenters. The van der Waals surface area contributed by atoms with E-state index in [1.54, 1.807) is 17.0 Å². The van der Waals surface area contributed by atoms with Crippen molar-refractivity contribution in [2.45, 2.75) is 33.2 Å². The van der Waals surface area contributed by atoms with Crippen molar-refractivity contribution in [3.63, 3.8) is 0 Å². The van der Waals surface area contributed by atoms with Crippen LogP contribution in [0, 0.1) is 13.8 Å². The zero-order valence-corrected chi connectivity index (χ0v) is 16.9. The Labute approximate surface area is 170 Å². The first-order valence-electron chi connectivity index (χ1n) is 9.78. The van der Waals surface area contributed by atoms with Crippen molar-refractivity contribution in [2.75, 3.05) is 11.5 Å². The second-order valence-corrected chi connectivity index (χ2v) is 7.52. The molecule has 0 saturated carbocycles. The molecule has 0 N–H and O–H groups in total. The first-order chi connectivity index (χ1) is 14.0. The molecule has 3 aromatic rings. The Morgan fingerprint density at radius 2 is 1.62 bits per heavy atom. The number of carbonyl (C=O) groups is 2. The van der Waals surface area contributed by atoms with E-state index in [9.17, 15) is 9.59 Å². The third kappa shape index (κ3) is 3.56. The van der Waals surface area contributed by atoms with E-state index in [0.717, 1.165) is 34.7 Å². The van der Waals surface area contributed by atoms with E-state index >= 15 is 0 Å². The lowest BCUT2D eigenvalue weighted by Crippen LogP contribution is -2.38. The second-order valence-electron chi connectivity index (χ2n) is 7.52. The number of esters is 1. The molecule has 0 unspecified atom stereocenters. The number of amides is 1. The molecule has 0 spiro atoms. The Morgan fingerprint density at radius 3 is 2.31 bits per heavy atom. The van der Waals surface area contributed by atoms with Crippen molar-refractivity contribution in [1.29, 1.82) is 0 Å². The van der Waals surface area contributed by atoms with Gasteiger partial charge in [-0.25, -0.2) is 4.79 Å². The van der Waals surface area contributed by atoms with Crippen LogP contribution in [0.25, 0.3) is 5.69 Å². The van der Waals surface area contributed by atoms with Crippen molar-refractivity contribution in [1.82, 2.24) is 4.57 Å². The minimum absolute atomic E-state index is 0.0611. The first kappa shape index (κ1) is 19.0. The number of ether oxygens (including phenoxy) is 1. The maximum Gasteiger partial charge on any atom is 0.338 e. The summed E-state index contributed by atoms with van der Waals surface area (Å²) < 4.78 is 7.42. The highest BCUT2D eigenvalue weighted by molar-refractivity contribution is 5.99. The summed E-state index contributed by atoms with van der Waals surface area (Å²) in [7, 11) is 0. The van der Waals surface area contributed by atoms with Crippen LogP contribution in [0.4, 0.5) is 5.69 Å². The maximum atomic E-state index is 12.7. The molecule has 0 fully saturated rings. The number of hydrogen-bond donors (Lipinski definition) is 0. The number of fused-ring (bicyclic) bond motifs is 1. The molecule has 1 aliphatic heterocycles. The summed E-state index contributed by atoms with van der Waals surface area (Å²) >= 11 is 0.